The molecule has 1 amide bonds. The fourth-order valence-corrected chi connectivity index (χ4v) is 2.32. The van der Waals surface area contributed by atoms with E-state index in [0.29, 0.717) is 11.3 Å². The van der Waals surface area contributed by atoms with E-state index < -0.39 is 12.1 Å². The zero-order chi connectivity index (χ0) is 13.8. The average Bonchev–Trinajstić information content (AvgIpc) is 2.72. The van der Waals surface area contributed by atoms with Gasteiger partial charge in [-0.2, -0.15) is 0 Å². The smallest absolute Gasteiger partial charge is 0.417 e. The van der Waals surface area contributed by atoms with Crippen molar-refractivity contribution >= 4 is 29.1 Å². The number of hydrogen-bond donors (Lipinski definition) is 2. The predicted octanol–water partition coefficient (Wildman–Crippen LogP) is 3.37. The number of carbonyl (C=O) groups is 2. The predicted molar refractivity (Wildman–Crippen MR) is 72.1 cm³/mol. The van der Waals surface area contributed by atoms with Crippen molar-refractivity contribution in [1.82, 2.24) is 0 Å². The molecule has 2 aromatic rings. The van der Waals surface area contributed by atoms with Crippen LogP contribution in [0.25, 0.3) is 0 Å². The SMILES string of the molecule is Cc1csc(C(=O)O)c1NC(=O)Oc1ccccc1. The molecule has 0 unspecified atom stereocenters. The zero-order valence-corrected chi connectivity index (χ0v) is 10.9. The van der Waals surface area contributed by atoms with Crippen LogP contribution in [0.5, 0.6) is 5.75 Å². The molecule has 0 saturated carbocycles. The Balaban J connectivity index is 2.11. The Labute approximate surface area is 113 Å². The van der Waals surface area contributed by atoms with Crippen LogP contribution < -0.4 is 10.1 Å². The molecule has 5 nitrogen and oxygen atoms in total. The van der Waals surface area contributed by atoms with Gasteiger partial charge in [0.05, 0.1) is 5.69 Å². The molecule has 0 aliphatic heterocycles. The largest absolute Gasteiger partial charge is 0.477 e. The van der Waals surface area contributed by atoms with E-state index in [0.717, 1.165) is 11.3 Å². The molecule has 0 aliphatic rings. The fourth-order valence-electron chi connectivity index (χ4n) is 1.48. The number of thiophene rings is 1. The second-order valence-corrected chi connectivity index (χ2v) is 4.64. The van der Waals surface area contributed by atoms with Crippen LogP contribution in [0.2, 0.25) is 0 Å². The highest BCUT2D eigenvalue weighted by Crippen LogP contribution is 2.27. The highest BCUT2D eigenvalue weighted by Gasteiger charge is 2.18. The molecule has 0 radical (unpaired) electrons. The normalized spacial score (nSPS) is 9.95. The summed E-state index contributed by atoms with van der Waals surface area (Å²) < 4.78 is 5.04. The van der Waals surface area contributed by atoms with Crippen molar-refractivity contribution in [2.75, 3.05) is 5.32 Å². The van der Waals surface area contributed by atoms with Gasteiger partial charge in [-0.3, -0.25) is 5.32 Å². The monoisotopic (exact) mass is 277 g/mol. The maximum atomic E-state index is 11.7. The number of rotatable bonds is 3. The number of anilines is 1. The quantitative estimate of drug-likeness (QED) is 0.902. The number of ether oxygens (including phenoxy) is 1. The molecular formula is C13H11NO4S. The number of aromatic carboxylic acids is 1. The Morgan fingerprint density at radius 1 is 1.26 bits per heavy atom. The Bertz CT molecular complexity index is 606. The van der Waals surface area contributed by atoms with Gasteiger partial charge in [0.15, 0.2) is 0 Å². The van der Waals surface area contributed by atoms with Gasteiger partial charge in [-0.15, -0.1) is 11.3 Å². The van der Waals surface area contributed by atoms with Crippen LogP contribution in [0, 0.1) is 6.92 Å². The van der Waals surface area contributed by atoms with E-state index in [1.54, 1.807) is 42.6 Å². The first-order valence-electron chi connectivity index (χ1n) is 5.43. The number of para-hydroxylation sites is 1. The summed E-state index contributed by atoms with van der Waals surface area (Å²) in [7, 11) is 0. The van der Waals surface area contributed by atoms with E-state index in [4.69, 9.17) is 9.84 Å². The number of carboxylic acids is 1. The Kier molecular flexibility index (Phi) is 3.82. The van der Waals surface area contributed by atoms with Crippen molar-refractivity contribution in [2.24, 2.45) is 0 Å². The van der Waals surface area contributed by atoms with Crippen molar-refractivity contribution in [3.8, 4) is 5.75 Å². The number of carbonyl (C=O) groups excluding carboxylic acids is 1. The molecule has 0 saturated heterocycles. The molecular weight excluding hydrogens is 266 g/mol. The van der Waals surface area contributed by atoms with Gasteiger partial charge in [-0.05, 0) is 30.0 Å². The summed E-state index contributed by atoms with van der Waals surface area (Å²) in [6.45, 7) is 1.72. The summed E-state index contributed by atoms with van der Waals surface area (Å²) in [5.74, 6) is -0.683. The van der Waals surface area contributed by atoms with Crippen LogP contribution in [0.3, 0.4) is 0 Å². The lowest BCUT2D eigenvalue weighted by molar-refractivity contribution is 0.0703. The van der Waals surface area contributed by atoms with Gasteiger partial charge in [0.25, 0.3) is 0 Å². The number of carboxylic acid groups (broad SMARTS) is 1. The maximum Gasteiger partial charge on any atom is 0.417 e. The van der Waals surface area contributed by atoms with Crippen molar-refractivity contribution in [3.05, 3.63) is 46.2 Å². The van der Waals surface area contributed by atoms with Crippen molar-refractivity contribution in [3.63, 3.8) is 0 Å². The molecule has 0 bridgehead atoms. The first kappa shape index (κ1) is 13.1. The number of nitrogens with one attached hydrogen (secondary N) is 1. The highest BCUT2D eigenvalue weighted by molar-refractivity contribution is 7.12. The minimum Gasteiger partial charge on any atom is -0.477 e. The van der Waals surface area contributed by atoms with E-state index in [1.807, 2.05) is 0 Å². The summed E-state index contributed by atoms with van der Waals surface area (Å²) in [6, 6.07) is 8.55. The molecule has 6 heteroatoms. The van der Waals surface area contributed by atoms with E-state index in [-0.39, 0.29) is 10.6 Å². The standard InChI is InChI=1S/C13H11NO4S/c1-8-7-19-11(12(15)16)10(8)14-13(17)18-9-5-3-2-4-6-9/h2-7H,1H3,(H,14,17)(H,15,16). The Morgan fingerprint density at radius 3 is 2.58 bits per heavy atom. The molecule has 1 aromatic carbocycles. The number of benzene rings is 1. The summed E-state index contributed by atoms with van der Waals surface area (Å²) in [6.07, 6.45) is -0.713. The summed E-state index contributed by atoms with van der Waals surface area (Å²) >= 11 is 1.06. The highest BCUT2D eigenvalue weighted by atomic mass is 32.1. The van der Waals surface area contributed by atoms with Gasteiger partial charge >= 0.3 is 12.1 Å². The van der Waals surface area contributed by atoms with Crippen molar-refractivity contribution in [1.29, 1.82) is 0 Å². The molecule has 0 aliphatic carbocycles. The average molecular weight is 277 g/mol. The number of aryl methyl sites for hydroxylation is 1. The maximum absolute atomic E-state index is 11.7. The molecule has 1 aromatic heterocycles. The molecule has 0 spiro atoms. The topological polar surface area (TPSA) is 75.6 Å². The van der Waals surface area contributed by atoms with Crippen LogP contribution in [-0.2, 0) is 0 Å². The number of hydrogen-bond acceptors (Lipinski definition) is 4. The van der Waals surface area contributed by atoms with Gasteiger partial charge in [0.2, 0.25) is 0 Å². The molecule has 2 N–H and O–H groups in total. The zero-order valence-electron chi connectivity index (χ0n) is 10.0. The molecule has 1 heterocycles. The van der Waals surface area contributed by atoms with Crippen LogP contribution >= 0.6 is 11.3 Å². The molecule has 19 heavy (non-hydrogen) atoms. The summed E-state index contributed by atoms with van der Waals surface area (Å²) in [5.41, 5.74) is 0.964. The van der Waals surface area contributed by atoms with Crippen LogP contribution in [0.4, 0.5) is 10.5 Å². The van der Waals surface area contributed by atoms with Crippen LogP contribution in [-0.4, -0.2) is 17.2 Å². The third-order valence-corrected chi connectivity index (χ3v) is 3.44. The molecule has 2 rings (SSSR count). The fraction of sp³-hybridized carbons (Fsp3) is 0.0769. The van der Waals surface area contributed by atoms with Gasteiger partial charge in [-0.25, -0.2) is 9.59 Å². The lowest BCUT2D eigenvalue weighted by Crippen LogP contribution is -2.18. The third kappa shape index (κ3) is 3.11. The molecule has 98 valence electrons. The summed E-state index contributed by atoms with van der Waals surface area (Å²) in [5, 5.41) is 13.1. The molecule has 0 atom stereocenters. The van der Waals surface area contributed by atoms with Crippen LogP contribution in [0.15, 0.2) is 35.7 Å². The van der Waals surface area contributed by atoms with E-state index in [9.17, 15) is 9.59 Å². The van der Waals surface area contributed by atoms with Crippen LogP contribution in [0.1, 0.15) is 15.2 Å². The van der Waals surface area contributed by atoms with Gasteiger partial charge in [0, 0.05) is 0 Å². The first-order chi connectivity index (χ1) is 9.08. The van der Waals surface area contributed by atoms with E-state index in [2.05, 4.69) is 5.32 Å². The van der Waals surface area contributed by atoms with Gasteiger partial charge in [0.1, 0.15) is 10.6 Å². The Morgan fingerprint density at radius 2 is 1.95 bits per heavy atom. The summed E-state index contributed by atoms with van der Waals surface area (Å²) in [4.78, 5) is 22.8. The van der Waals surface area contributed by atoms with Crippen molar-refractivity contribution in [2.45, 2.75) is 6.92 Å². The minimum atomic E-state index is -1.08. The van der Waals surface area contributed by atoms with E-state index >= 15 is 0 Å². The first-order valence-corrected chi connectivity index (χ1v) is 6.31. The number of amides is 1. The van der Waals surface area contributed by atoms with Gasteiger partial charge in [-0.1, -0.05) is 18.2 Å². The van der Waals surface area contributed by atoms with Crippen molar-refractivity contribution < 1.29 is 19.4 Å². The van der Waals surface area contributed by atoms with Gasteiger partial charge < -0.3 is 9.84 Å². The molecule has 0 fully saturated rings. The third-order valence-electron chi connectivity index (χ3n) is 2.35. The minimum absolute atomic E-state index is 0.0857. The lowest BCUT2D eigenvalue weighted by atomic mass is 10.3. The Hall–Kier alpha value is -2.34. The van der Waals surface area contributed by atoms with E-state index in [1.165, 1.54) is 0 Å². The lowest BCUT2D eigenvalue weighted by Gasteiger charge is -2.07. The second-order valence-electron chi connectivity index (χ2n) is 3.76. The second kappa shape index (κ2) is 5.53.